The van der Waals surface area contributed by atoms with Gasteiger partial charge in [0.15, 0.2) is 0 Å². The Kier molecular flexibility index (Phi) is 3.53. The Labute approximate surface area is 113 Å². The minimum Gasteiger partial charge on any atom is -0.489 e. The molecule has 3 heteroatoms. The highest BCUT2D eigenvalue weighted by Gasteiger charge is 2.36. The van der Waals surface area contributed by atoms with Gasteiger partial charge in [0.05, 0.1) is 0 Å². The Morgan fingerprint density at radius 3 is 2.72 bits per heavy atom. The predicted molar refractivity (Wildman–Crippen MR) is 77.1 cm³/mol. The minimum absolute atomic E-state index is 0.127. The van der Waals surface area contributed by atoms with Gasteiger partial charge in [0.25, 0.3) is 0 Å². The lowest BCUT2D eigenvalue weighted by Crippen LogP contribution is -2.43. The van der Waals surface area contributed by atoms with Crippen LogP contribution in [0.2, 0.25) is 0 Å². The summed E-state index contributed by atoms with van der Waals surface area (Å²) in [7, 11) is 0. The minimum atomic E-state index is -0.127. The van der Waals surface area contributed by atoms with Crippen molar-refractivity contribution < 1.29 is 4.74 Å². The molecule has 1 aromatic carbocycles. The van der Waals surface area contributed by atoms with Crippen molar-refractivity contribution in [1.82, 2.24) is 0 Å². The van der Waals surface area contributed by atoms with Crippen LogP contribution in [-0.2, 0) is 5.54 Å². The third-order valence-electron chi connectivity index (χ3n) is 4.08. The third kappa shape index (κ3) is 2.39. The average Bonchev–Trinajstić information content (AvgIpc) is 2.38. The SMILES string of the molecule is NC1(c2ccccc2OC2CCCSC2)CCC1. The zero-order valence-electron chi connectivity index (χ0n) is 10.7. The van der Waals surface area contributed by atoms with Crippen molar-refractivity contribution in [3.63, 3.8) is 0 Å². The molecule has 1 aliphatic carbocycles. The van der Waals surface area contributed by atoms with Gasteiger partial charge >= 0.3 is 0 Å². The summed E-state index contributed by atoms with van der Waals surface area (Å²) in [4.78, 5) is 0. The Hall–Kier alpha value is -0.670. The fourth-order valence-electron chi connectivity index (χ4n) is 2.79. The maximum atomic E-state index is 6.44. The zero-order chi connectivity index (χ0) is 12.4. The van der Waals surface area contributed by atoms with Crippen molar-refractivity contribution in [1.29, 1.82) is 0 Å². The first-order chi connectivity index (χ1) is 8.78. The fourth-order valence-corrected chi connectivity index (χ4v) is 3.83. The molecule has 2 nitrogen and oxygen atoms in total. The second-order valence-electron chi connectivity index (χ2n) is 5.46. The van der Waals surface area contributed by atoms with Crippen molar-refractivity contribution in [3.8, 4) is 5.75 Å². The molecule has 1 unspecified atom stereocenters. The molecule has 1 saturated heterocycles. The van der Waals surface area contributed by atoms with E-state index in [2.05, 4.69) is 24.3 Å². The Morgan fingerprint density at radius 1 is 1.22 bits per heavy atom. The van der Waals surface area contributed by atoms with E-state index in [1.54, 1.807) is 0 Å². The molecular weight excluding hydrogens is 242 g/mol. The normalized spacial score (nSPS) is 26.4. The van der Waals surface area contributed by atoms with Crippen LogP contribution in [0.1, 0.15) is 37.7 Å². The van der Waals surface area contributed by atoms with Gasteiger partial charge in [-0.1, -0.05) is 18.2 Å². The molecule has 2 fully saturated rings. The van der Waals surface area contributed by atoms with E-state index in [0.717, 1.165) is 24.3 Å². The first-order valence-corrected chi connectivity index (χ1v) is 8.06. The van der Waals surface area contributed by atoms with E-state index >= 15 is 0 Å². The summed E-state index contributed by atoms with van der Waals surface area (Å²) in [6.45, 7) is 0. The van der Waals surface area contributed by atoms with Crippen LogP contribution in [0.25, 0.3) is 0 Å². The Balaban J connectivity index is 1.78. The number of para-hydroxylation sites is 1. The fraction of sp³-hybridized carbons (Fsp3) is 0.600. The molecule has 0 aromatic heterocycles. The maximum absolute atomic E-state index is 6.44. The van der Waals surface area contributed by atoms with Gasteiger partial charge in [-0.15, -0.1) is 0 Å². The summed E-state index contributed by atoms with van der Waals surface area (Å²) in [5.41, 5.74) is 7.53. The van der Waals surface area contributed by atoms with Gasteiger partial charge in [-0.3, -0.25) is 0 Å². The van der Waals surface area contributed by atoms with Crippen LogP contribution in [0.3, 0.4) is 0 Å². The maximum Gasteiger partial charge on any atom is 0.124 e. The van der Waals surface area contributed by atoms with Crippen molar-refractivity contribution in [2.45, 2.75) is 43.7 Å². The Morgan fingerprint density at radius 2 is 2.06 bits per heavy atom. The van der Waals surface area contributed by atoms with Gasteiger partial charge < -0.3 is 10.5 Å². The molecule has 1 atom stereocenters. The van der Waals surface area contributed by atoms with Crippen LogP contribution >= 0.6 is 11.8 Å². The van der Waals surface area contributed by atoms with E-state index in [4.69, 9.17) is 10.5 Å². The Bertz CT molecular complexity index is 411. The summed E-state index contributed by atoms with van der Waals surface area (Å²) in [6, 6.07) is 8.35. The number of hydrogen-bond donors (Lipinski definition) is 1. The zero-order valence-corrected chi connectivity index (χ0v) is 11.5. The molecule has 2 aliphatic rings. The molecule has 2 N–H and O–H groups in total. The van der Waals surface area contributed by atoms with E-state index in [9.17, 15) is 0 Å². The van der Waals surface area contributed by atoms with Crippen molar-refractivity contribution in [2.24, 2.45) is 5.73 Å². The van der Waals surface area contributed by atoms with E-state index in [-0.39, 0.29) is 5.54 Å². The van der Waals surface area contributed by atoms with Gasteiger partial charge in [0, 0.05) is 16.9 Å². The van der Waals surface area contributed by atoms with Crippen molar-refractivity contribution in [2.75, 3.05) is 11.5 Å². The first kappa shape index (κ1) is 12.4. The highest BCUT2D eigenvalue weighted by molar-refractivity contribution is 7.99. The number of hydrogen-bond acceptors (Lipinski definition) is 3. The number of thioether (sulfide) groups is 1. The van der Waals surface area contributed by atoms with Crippen LogP contribution in [0, 0.1) is 0 Å². The van der Waals surface area contributed by atoms with Crippen molar-refractivity contribution in [3.05, 3.63) is 29.8 Å². The molecule has 1 aromatic rings. The van der Waals surface area contributed by atoms with Gasteiger partial charge in [0.1, 0.15) is 11.9 Å². The van der Waals surface area contributed by atoms with E-state index < -0.39 is 0 Å². The summed E-state index contributed by atoms with van der Waals surface area (Å²) < 4.78 is 6.21. The lowest BCUT2D eigenvalue weighted by Gasteiger charge is -2.40. The molecule has 0 amide bonds. The lowest BCUT2D eigenvalue weighted by molar-refractivity contribution is 0.191. The number of ether oxygens (including phenoxy) is 1. The van der Waals surface area contributed by atoms with Crippen LogP contribution in [0.15, 0.2) is 24.3 Å². The second kappa shape index (κ2) is 5.14. The van der Waals surface area contributed by atoms with Crippen LogP contribution in [0.4, 0.5) is 0 Å². The lowest BCUT2D eigenvalue weighted by atomic mass is 9.72. The largest absolute Gasteiger partial charge is 0.489 e. The number of rotatable bonds is 3. The monoisotopic (exact) mass is 263 g/mol. The predicted octanol–water partition coefficient (Wildman–Crippen LogP) is 3.30. The smallest absolute Gasteiger partial charge is 0.124 e. The van der Waals surface area contributed by atoms with Gasteiger partial charge in [-0.25, -0.2) is 0 Å². The molecule has 0 bridgehead atoms. The van der Waals surface area contributed by atoms with Crippen LogP contribution < -0.4 is 10.5 Å². The third-order valence-corrected chi connectivity index (χ3v) is 5.27. The van der Waals surface area contributed by atoms with Crippen LogP contribution in [0.5, 0.6) is 5.75 Å². The quantitative estimate of drug-likeness (QED) is 0.909. The van der Waals surface area contributed by atoms with Gasteiger partial charge in [-0.05, 0) is 43.9 Å². The molecule has 3 rings (SSSR count). The highest BCUT2D eigenvalue weighted by atomic mass is 32.2. The second-order valence-corrected chi connectivity index (χ2v) is 6.61. The summed E-state index contributed by atoms with van der Waals surface area (Å²) in [5, 5.41) is 0. The molecule has 18 heavy (non-hydrogen) atoms. The highest BCUT2D eigenvalue weighted by Crippen LogP contribution is 2.43. The molecule has 1 heterocycles. The van der Waals surface area contributed by atoms with Crippen LogP contribution in [-0.4, -0.2) is 17.6 Å². The number of nitrogens with two attached hydrogens (primary N) is 1. The first-order valence-electron chi connectivity index (χ1n) is 6.91. The summed E-state index contributed by atoms with van der Waals surface area (Å²) in [6.07, 6.45) is 6.24. The van der Waals surface area contributed by atoms with E-state index in [0.29, 0.717) is 6.10 Å². The van der Waals surface area contributed by atoms with Gasteiger partial charge in [-0.2, -0.15) is 11.8 Å². The van der Waals surface area contributed by atoms with Gasteiger partial charge in [0.2, 0.25) is 0 Å². The molecular formula is C15H21NOS. The van der Waals surface area contributed by atoms with E-state index in [1.807, 2.05) is 11.8 Å². The molecule has 0 radical (unpaired) electrons. The summed E-state index contributed by atoms with van der Waals surface area (Å²) >= 11 is 2.00. The average molecular weight is 263 g/mol. The molecule has 1 saturated carbocycles. The summed E-state index contributed by atoms with van der Waals surface area (Å²) in [5.74, 6) is 3.42. The number of benzene rings is 1. The standard InChI is InChI=1S/C15H21NOS/c16-15(8-4-9-15)13-6-1-2-7-14(13)17-12-5-3-10-18-11-12/h1-2,6-7,12H,3-5,8-11,16H2. The van der Waals surface area contributed by atoms with Crippen molar-refractivity contribution >= 4 is 11.8 Å². The molecule has 0 spiro atoms. The molecule has 98 valence electrons. The van der Waals surface area contributed by atoms with E-state index in [1.165, 1.54) is 30.6 Å². The topological polar surface area (TPSA) is 35.2 Å². The molecule has 1 aliphatic heterocycles.